The molecule has 0 bridgehead atoms. The molecule has 0 spiro atoms. The van der Waals surface area contributed by atoms with Crippen LogP contribution in [0.15, 0.2) is 24.3 Å². The van der Waals surface area contributed by atoms with Crippen molar-refractivity contribution >= 4 is 6.09 Å². The highest BCUT2D eigenvalue weighted by molar-refractivity contribution is 5.65. The van der Waals surface area contributed by atoms with E-state index < -0.39 is 6.09 Å². The number of phenolic OH excluding ortho intramolecular Hbond substituents is 1. The average molecular weight is 236 g/mol. The Hall–Kier alpha value is -1.75. The van der Waals surface area contributed by atoms with Crippen molar-refractivity contribution in [2.24, 2.45) is 0 Å². The van der Waals surface area contributed by atoms with Gasteiger partial charge in [-0.2, -0.15) is 0 Å². The number of piperazine rings is 1. The molecule has 1 aliphatic heterocycles. The van der Waals surface area contributed by atoms with Crippen molar-refractivity contribution in [2.75, 3.05) is 19.6 Å². The van der Waals surface area contributed by atoms with Crippen molar-refractivity contribution in [1.82, 2.24) is 10.2 Å². The minimum absolute atomic E-state index is 0.0666. The smallest absolute Gasteiger partial charge is 0.407 e. The van der Waals surface area contributed by atoms with Gasteiger partial charge >= 0.3 is 6.09 Å². The Bertz CT molecular complexity index is 408. The van der Waals surface area contributed by atoms with Crippen LogP contribution in [-0.2, 0) is 6.42 Å². The van der Waals surface area contributed by atoms with Crippen LogP contribution in [0.4, 0.5) is 4.79 Å². The number of nitrogens with zero attached hydrogens (tertiary/aromatic N) is 1. The van der Waals surface area contributed by atoms with Crippen LogP contribution < -0.4 is 5.32 Å². The highest BCUT2D eigenvalue weighted by Crippen LogP contribution is 2.15. The maximum absolute atomic E-state index is 11.1. The van der Waals surface area contributed by atoms with Gasteiger partial charge in [-0.3, -0.25) is 0 Å². The molecule has 0 aliphatic carbocycles. The third-order valence-electron chi connectivity index (χ3n) is 2.98. The Morgan fingerprint density at radius 2 is 2.35 bits per heavy atom. The zero-order chi connectivity index (χ0) is 12.3. The first-order valence-electron chi connectivity index (χ1n) is 5.65. The van der Waals surface area contributed by atoms with E-state index in [1.807, 2.05) is 6.07 Å². The molecular formula is C12H16N2O3. The molecule has 17 heavy (non-hydrogen) atoms. The van der Waals surface area contributed by atoms with E-state index in [0.29, 0.717) is 26.1 Å². The van der Waals surface area contributed by atoms with E-state index >= 15 is 0 Å². The molecule has 1 aromatic carbocycles. The maximum atomic E-state index is 11.1. The molecule has 1 aliphatic rings. The van der Waals surface area contributed by atoms with Crippen LogP contribution in [0.5, 0.6) is 5.75 Å². The molecule has 92 valence electrons. The molecule has 1 amide bonds. The summed E-state index contributed by atoms with van der Waals surface area (Å²) < 4.78 is 0. The highest BCUT2D eigenvalue weighted by Gasteiger charge is 2.26. The fourth-order valence-corrected chi connectivity index (χ4v) is 2.15. The fourth-order valence-electron chi connectivity index (χ4n) is 2.15. The van der Waals surface area contributed by atoms with Crippen LogP contribution in [-0.4, -0.2) is 46.9 Å². The molecule has 0 aromatic heterocycles. The zero-order valence-electron chi connectivity index (χ0n) is 9.47. The van der Waals surface area contributed by atoms with Gasteiger partial charge in [-0.05, 0) is 24.1 Å². The number of carboxylic acid groups (broad SMARTS) is 1. The number of aromatic hydroxyl groups is 1. The van der Waals surface area contributed by atoms with Gasteiger partial charge in [0.15, 0.2) is 0 Å². The van der Waals surface area contributed by atoms with Crippen LogP contribution in [0.3, 0.4) is 0 Å². The second-order valence-corrected chi connectivity index (χ2v) is 4.21. The minimum atomic E-state index is -0.878. The second kappa shape index (κ2) is 5.05. The van der Waals surface area contributed by atoms with Gasteiger partial charge in [0.05, 0.1) is 6.04 Å². The third kappa shape index (κ3) is 2.88. The number of benzene rings is 1. The fraction of sp³-hybridized carbons (Fsp3) is 0.417. The number of hydrogen-bond donors (Lipinski definition) is 3. The van der Waals surface area contributed by atoms with Crippen molar-refractivity contribution in [3.8, 4) is 5.75 Å². The van der Waals surface area contributed by atoms with Crippen molar-refractivity contribution < 1.29 is 15.0 Å². The molecule has 1 fully saturated rings. The summed E-state index contributed by atoms with van der Waals surface area (Å²) in [5.41, 5.74) is 0.949. The van der Waals surface area contributed by atoms with Crippen LogP contribution in [0.2, 0.25) is 0 Å². The van der Waals surface area contributed by atoms with Crippen molar-refractivity contribution in [1.29, 1.82) is 0 Å². The summed E-state index contributed by atoms with van der Waals surface area (Å²) in [5, 5.41) is 21.6. The Labute approximate surface area is 99.7 Å². The van der Waals surface area contributed by atoms with E-state index in [9.17, 15) is 9.90 Å². The standard InChI is InChI=1S/C12H16N2O3/c15-11-3-1-2-9(7-11)6-10-8-13-4-5-14(10)12(16)17/h1-3,7,10,13,15H,4-6,8H2,(H,16,17). The van der Waals surface area contributed by atoms with Crippen molar-refractivity contribution in [3.05, 3.63) is 29.8 Å². The first-order valence-corrected chi connectivity index (χ1v) is 5.65. The first kappa shape index (κ1) is 11.7. The van der Waals surface area contributed by atoms with Crippen molar-refractivity contribution in [2.45, 2.75) is 12.5 Å². The molecule has 1 atom stereocenters. The molecule has 5 heteroatoms. The van der Waals surface area contributed by atoms with Gasteiger partial charge in [-0.25, -0.2) is 4.79 Å². The van der Waals surface area contributed by atoms with E-state index in [1.54, 1.807) is 18.2 Å². The molecule has 0 radical (unpaired) electrons. The predicted molar refractivity (Wildman–Crippen MR) is 63.2 cm³/mol. The largest absolute Gasteiger partial charge is 0.508 e. The van der Waals surface area contributed by atoms with Gasteiger partial charge in [0.25, 0.3) is 0 Å². The molecule has 1 heterocycles. The summed E-state index contributed by atoms with van der Waals surface area (Å²) in [6, 6.07) is 6.88. The van der Waals surface area contributed by atoms with Crippen LogP contribution in [0.1, 0.15) is 5.56 Å². The van der Waals surface area contributed by atoms with Crippen molar-refractivity contribution in [3.63, 3.8) is 0 Å². The monoisotopic (exact) mass is 236 g/mol. The highest BCUT2D eigenvalue weighted by atomic mass is 16.4. The number of nitrogens with one attached hydrogen (secondary N) is 1. The Kier molecular flexibility index (Phi) is 3.49. The number of rotatable bonds is 2. The third-order valence-corrected chi connectivity index (χ3v) is 2.98. The van der Waals surface area contributed by atoms with E-state index in [-0.39, 0.29) is 11.8 Å². The number of hydrogen-bond acceptors (Lipinski definition) is 3. The van der Waals surface area contributed by atoms with Crippen LogP contribution in [0.25, 0.3) is 0 Å². The average Bonchev–Trinajstić information content (AvgIpc) is 2.29. The molecule has 1 unspecified atom stereocenters. The lowest BCUT2D eigenvalue weighted by atomic mass is 10.0. The van der Waals surface area contributed by atoms with E-state index in [2.05, 4.69) is 5.32 Å². The first-order chi connectivity index (χ1) is 8.16. The van der Waals surface area contributed by atoms with Gasteiger partial charge < -0.3 is 20.4 Å². The summed E-state index contributed by atoms with van der Waals surface area (Å²) in [5.74, 6) is 0.216. The lowest BCUT2D eigenvalue weighted by Gasteiger charge is -2.34. The number of phenols is 1. The summed E-state index contributed by atoms with van der Waals surface area (Å²) in [6.45, 7) is 1.86. The van der Waals surface area contributed by atoms with Crippen LogP contribution >= 0.6 is 0 Å². The quantitative estimate of drug-likeness (QED) is 0.713. The van der Waals surface area contributed by atoms with E-state index in [1.165, 1.54) is 4.90 Å². The SMILES string of the molecule is O=C(O)N1CCNCC1Cc1cccc(O)c1. The van der Waals surface area contributed by atoms with E-state index in [0.717, 1.165) is 5.56 Å². The summed E-state index contributed by atoms with van der Waals surface area (Å²) >= 11 is 0. The van der Waals surface area contributed by atoms with Gasteiger partial charge in [0.2, 0.25) is 0 Å². The Morgan fingerprint density at radius 1 is 1.53 bits per heavy atom. The maximum Gasteiger partial charge on any atom is 0.407 e. The molecule has 0 saturated carbocycles. The lowest BCUT2D eigenvalue weighted by Crippen LogP contribution is -2.54. The number of carbonyl (C=O) groups is 1. The van der Waals surface area contributed by atoms with Gasteiger partial charge in [0, 0.05) is 19.6 Å². The molecule has 5 nitrogen and oxygen atoms in total. The number of amides is 1. The van der Waals surface area contributed by atoms with E-state index in [4.69, 9.17) is 5.11 Å². The summed E-state index contributed by atoms with van der Waals surface area (Å²) in [7, 11) is 0. The normalized spacial score (nSPS) is 20.2. The molecule has 3 N–H and O–H groups in total. The Balaban J connectivity index is 2.08. The molecular weight excluding hydrogens is 220 g/mol. The zero-order valence-corrected chi connectivity index (χ0v) is 9.47. The second-order valence-electron chi connectivity index (χ2n) is 4.21. The Morgan fingerprint density at radius 3 is 3.06 bits per heavy atom. The molecule has 1 saturated heterocycles. The van der Waals surface area contributed by atoms with Gasteiger partial charge in [-0.15, -0.1) is 0 Å². The van der Waals surface area contributed by atoms with Crippen LogP contribution in [0, 0.1) is 0 Å². The summed E-state index contributed by atoms with van der Waals surface area (Å²) in [6.07, 6.45) is -0.259. The topological polar surface area (TPSA) is 72.8 Å². The lowest BCUT2D eigenvalue weighted by molar-refractivity contribution is 0.112. The molecule has 2 rings (SSSR count). The van der Waals surface area contributed by atoms with Gasteiger partial charge in [-0.1, -0.05) is 12.1 Å². The molecule has 1 aromatic rings. The minimum Gasteiger partial charge on any atom is -0.508 e. The van der Waals surface area contributed by atoms with Gasteiger partial charge in [0.1, 0.15) is 5.75 Å². The predicted octanol–water partition coefficient (Wildman–Crippen LogP) is 0.886. The summed E-state index contributed by atoms with van der Waals surface area (Å²) in [4.78, 5) is 12.5.